The number of phenols is 1. The van der Waals surface area contributed by atoms with Crippen LogP contribution in [0.4, 0.5) is 11.4 Å². The molecule has 0 unspecified atom stereocenters. The van der Waals surface area contributed by atoms with Crippen LogP contribution < -0.4 is 4.90 Å². The van der Waals surface area contributed by atoms with E-state index in [2.05, 4.69) is 15.5 Å². The Balaban J connectivity index is 1.34. The number of nitro benzene ring substituents is 1. The lowest BCUT2D eigenvalue weighted by Gasteiger charge is -2.35. The molecule has 0 radical (unpaired) electrons. The van der Waals surface area contributed by atoms with E-state index in [0.29, 0.717) is 42.7 Å². The molecule has 0 bridgehead atoms. The predicted molar refractivity (Wildman–Crippen MR) is 113 cm³/mol. The highest BCUT2D eigenvalue weighted by Gasteiger charge is 2.25. The van der Waals surface area contributed by atoms with Crippen molar-refractivity contribution in [2.24, 2.45) is 0 Å². The van der Waals surface area contributed by atoms with Crippen LogP contribution in [0.2, 0.25) is 0 Å². The van der Waals surface area contributed by atoms with Gasteiger partial charge in [-0.05, 0) is 40.8 Å². The summed E-state index contributed by atoms with van der Waals surface area (Å²) in [7, 11) is 0. The number of thioether (sulfide) groups is 1. The standard InChI is InChI=1S/C19H19N7O4S/c27-15-7-5-14(6-8-15)25-19(20-21-22-25)31-13-18(28)24-11-9-23(10-12-24)16-3-1-2-4-17(16)26(29)30/h1-8,27H,9-13H2. The van der Waals surface area contributed by atoms with Crippen LogP contribution >= 0.6 is 11.8 Å². The smallest absolute Gasteiger partial charge is 0.292 e. The molecule has 0 saturated carbocycles. The molecule has 1 fully saturated rings. The van der Waals surface area contributed by atoms with Gasteiger partial charge in [-0.2, -0.15) is 4.68 Å². The van der Waals surface area contributed by atoms with Crippen molar-refractivity contribution in [3.8, 4) is 11.4 Å². The molecule has 0 atom stereocenters. The summed E-state index contributed by atoms with van der Waals surface area (Å²) in [5, 5.41) is 32.7. The zero-order valence-corrected chi connectivity index (χ0v) is 17.2. The highest BCUT2D eigenvalue weighted by atomic mass is 32.2. The molecular weight excluding hydrogens is 422 g/mol. The summed E-state index contributed by atoms with van der Waals surface area (Å²) in [5.41, 5.74) is 1.32. The van der Waals surface area contributed by atoms with Crippen LogP contribution in [0.3, 0.4) is 0 Å². The quantitative estimate of drug-likeness (QED) is 0.345. The van der Waals surface area contributed by atoms with Crippen LogP contribution in [0.15, 0.2) is 53.7 Å². The van der Waals surface area contributed by atoms with E-state index in [1.165, 1.54) is 34.6 Å². The third kappa shape index (κ3) is 4.58. The minimum atomic E-state index is -0.387. The first-order valence-electron chi connectivity index (χ1n) is 9.49. The van der Waals surface area contributed by atoms with Crippen LogP contribution in [0, 0.1) is 10.1 Å². The number of aromatic nitrogens is 4. The van der Waals surface area contributed by atoms with Crippen LogP contribution in [0.25, 0.3) is 5.69 Å². The zero-order chi connectivity index (χ0) is 21.8. The number of aromatic hydroxyl groups is 1. The van der Waals surface area contributed by atoms with Gasteiger partial charge in [0.15, 0.2) is 0 Å². The Morgan fingerprint density at radius 3 is 2.52 bits per heavy atom. The maximum Gasteiger partial charge on any atom is 0.292 e. The van der Waals surface area contributed by atoms with Gasteiger partial charge in [-0.25, -0.2) is 0 Å². The minimum absolute atomic E-state index is 0.0486. The summed E-state index contributed by atoms with van der Waals surface area (Å²) >= 11 is 1.23. The number of piperazine rings is 1. The molecule has 1 N–H and O–H groups in total. The summed E-state index contributed by atoms with van der Waals surface area (Å²) in [4.78, 5) is 27.2. The molecule has 0 aliphatic carbocycles. The molecule has 0 spiro atoms. The monoisotopic (exact) mass is 441 g/mol. The van der Waals surface area contributed by atoms with E-state index in [4.69, 9.17) is 0 Å². The maximum absolute atomic E-state index is 12.7. The van der Waals surface area contributed by atoms with E-state index in [9.17, 15) is 20.0 Å². The van der Waals surface area contributed by atoms with Crippen molar-refractivity contribution in [1.82, 2.24) is 25.1 Å². The van der Waals surface area contributed by atoms with E-state index in [-0.39, 0.29) is 28.0 Å². The number of tetrazole rings is 1. The van der Waals surface area contributed by atoms with Crippen molar-refractivity contribution in [3.63, 3.8) is 0 Å². The van der Waals surface area contributed by atoms with Crippen molar-refractivity contribution in [1.29, 1.82) is 0 Å². The molecule has 3 aromatic rings. The van der Waals surface area contributed by atoms with Gasteiger partial charge < -0.3 is 14.9 Å². The molecule has 12 heteroatoms. The lowest BCUT2D eigenvalue weighted by Crippen LogP contribution is -2.49. The molecule has 2 heterocycles. The summed E-state index contributed by atoms with van der Waals surface area (Å²) in [5.74, 6) is 0.262. The highest BCUT2D eigenvalue weighted by Crippen LogP contribution is 2.28. The molecule has 1 aliphatic heterocycles. The molecule has 1 aliphatic rings. The van der Waals surface area contributed by atoms with Gasteiger partial charge in [0, 0.05) is 32.2 Å². The molecule has 31 heavy (non-hydrogen) atoms. The summed E-state index contributed by atoms with van der Waals surface area (Å²) in [6.07, 6.45) is 0. The number of anilines is 1. The second-order valence-electron chi connectivity index (χ2n) is 6.79. The maximum atomic E-state index is 12.7. The topological polar surface area (TPSA) is 131 Å². The Morgan fingerprint density at radius 2 is 1.81 bits per heavy atom. The number of para-hydroxylation sites is 2. The van der Waals surface area contributed by atoms with E-state index >= 15 is 0 Å². The number of amides is 1. The Bertz CT molecular complexity index is 1080. The van der Waals surface area contributed by atoms with Gasteiger partial charge in [-0.3, -0.25) is 14.9 Å². The highest BCUT2D eigenvalue weighted by molar-refractivity contribution is 7.99. The van der Waals surface area contributed by atoms with Gasteiger partial charge in [0.1, 0.15) is 11.4 Å². The number of phenolic OH excluding ortho intramolecular Hbond substituents is 1. The summed E-state index contributed by atoms with van der Waals surface area (Å²) in [6, 6.07) is 13.1. The van der Waals surface area contributed by atoms with Gasteiger partial charge in [-0.15, -0.1) is 5.10 Å². The Morgan fingerprint density at radius 1 is 1.10 bits per heavy atom. The van der Waals surface area contributed by atoms with Crippen molar-refractivity contribution in [2.45, 2.75) is 5.16 Å². The number of hydrogen-bond acceptors (Lipinski definition) is 9. The van der Waals surface area contributed by atoms with E-state index in [0.717, 1.165) is 0 Å². The third-order valence-corrected chi connectivity index (χ3v) is 5.82. The number of nitro groups is 1. The second kappa shape index (κ2) is 9.00. The SMILES string of the molecule is O=C(CSc1nnnn1-c1ccc(O)cc1)N1CCN(c2ccccc2[N+](=O)[O-])CC1. The summed E-state index contributed by atoms with van der Waals surface area (Å²) in [6.45, 7) is 2.00. The van der Waals surface area contributed by atoms with Crippen LogP contribution in [0.1, 0.15) is 0 Å². The van der Waals surface area contributed by atoms with Gasteiger partial charge in [0.25, 0.3) is 5.69 Å². The van der Waals surface area contributed by atoms with E-state index in [1.807, 2.05) is 4.90 Å². The van der Waals surface area contributed by atoms with Crippen molar-refractivity contribution in [2.75, 3.05) is 36.8 Å². The Kier molecular flexibility index (Phi) is 5.98. The fourth-order valence-corrected chi connectivity index (χ4v) is 4.12. The first kappa shape index (κ1) is 20.6. The predicted octanol–water partition coefficient (Wildman–Crippen LogP) is 1.72. The first-order chi connectivity index (χ1) is 15.0. The molecule has 11 nitrogen and oxygen atoms in total. The van der Waals surface area contributed by atoms with Crippen LogP contribution in [-0.2, 0) is 4.79 Å². The number of rotatable bonds is 6. The molecule has 1 amide bonds. The van der Waals surface area contributed by atoms with Gasteiger partial charge >= 0.3 is 0 Å². The number of carbonyl (C=O) groups excluding carboxylic acids is 1. The van der Waals surface area contributed by atoms with E-state index in [1.54, 1.807) is 35.2 Å². The van der Waals surface area contributed by atoms with Gasteiger partial charge in [0.05, 0.1) is 16.4 Å². The molecule has 2 aromatic carbocycles. The van der Waals surface area contributed by atoms with Crippen molar-refractivity contribution in [3.05, 3.63) is 58.6 Å². The van der Waals surface area contributed by atoms with Crippen molar-refractivity contribution >= 4 is 29.0 Å². The Labute approximate surface area is 181 Å². The largest absolute Gasteiger partial charge is 0.508 e. The normalized spacial score (nSPS) is 13.9. The van der Waals surface area contributed by atoms with Crippen LogP contribution in [-0.4, -0.2) is 73.0 Å². The fraction of sp³-hybridized carbons (Fsp3) is 0.263. The number of nitrogens with zero attached hydrogens (tertiary/aromatic N) is 7. The number of benzene rings is 2. The second-order valence-corrected chi connectivity index (χ2v) is 7.73. The molecular formula is C19H19N7O4S. The average molecular weight is 441 g/mol. The minimum Gasteiger partial charge on any atom is -0.508 e. The van der Waals surface area contributed by atoms with Gasteiger partial charge in [-0.1, -0.05) is 23.9 Å². The molecule has 1 aromatic heterocycles. The Hall–Kier alpha value is -3.67. The zero-order valence-electron chi connectivity index (χ0n) is 16.4. The average Bonchev–Trinajstić information content (AvgIpc) is 3.26. The summed E-state index contributed by atoms with van der Waals surface area (Å²) < 4.78 is 1.50. The van der Waals surface area contributed by atoms with Crippen LogP contribution in [0.5, 0.6) is 5.75 Å². The first-order valence-corrected chi connectivity index (χ1v) is 10.5. The number of carbonyl (C=O) groups is 1. The lowest BCUT2D eigenvalue weighted by molar-refractivity contribution is -0.384. The fourth-order valence-electron chi connectivity index (χ4n) is 3.33. The molecule has 160 valence electrons. The lowest BCUT2D eigenvalue weighted by atomic mass is 10.2. The third-order valence-electron chi connectivity index (χ3n) is 4.91. The molecule has 4 rings (SSSR count). The number of hydrogen-bond donors (Lipinski definition) is 1. The van der Waals surface area contributed by atoms with Gasteiger partial charge in [0.2, 0.25) is 11.1 Å². The molecule has 1 saturated heterocycles. The van der Waals surface area contributed by atoms with Crippen molar-refractivity contribution < 1.29 is 14.8 Å². The van der Waals surface area contributed by atoms with E-state index < -0.39 is 0 Å².